The van der Waals surface area contributed by atoms with Gasteiger partial charge in [0.1, 0.15) is 11.6 Å². The van der Waals surface area contributed by atoms with Crippen LogP contribution in [-0.4, -0.2) is 17.9 Å². The molecule has 29 heavy (non-hydrogen) atoms. The smallest absolute Gasteiger partial charge is 0.265 e. The summed E-state index contributed by atoms with van der Waals surface area (Å²) in [7, 11) is 0. The average molecular weight is 413 g/mol. The van der Waals surface area contributed by atoms with Crippen molar-refractivity contribution < 1.29 is 18.7 Å². The molecule has 7 heteroatoms. The second kappa shape index (κ2) is 9.21. The summed E-state index contributed by atoms with van der Waals surface area (Å²) >= 11 is 6.03. The van der Waals surface area contributed by atoms with Crippen molar-refractivity contribution in [2.45, 2.75) is 13.0 Å². The van der Waals surface area contributed by atoms with Crippen LogP contribution in [0.5, 0.6) is 5.75 Å². The highest BCUT2D eigenvalue weighted by molar-refractivity contribution is 6.33. The monoisotopic (exact) mass is 412 g/mol. The topological polar surface area (TPSA) is 67.4 Å². The summed E-state index contributed by atoms with van der Waals surface area (Å²) in [6.45, 7) is 1.61. The zero-order chi connectivity index (χ0) is 20.8. The number of anilines is 2. The first-order valence-electron chi connectivity index (χ1n) is 8.81. The van der Waals surface area contributed by atoms with Gasteiger partial charge in [-0.3, -0.25) is 9.59 Å². The Morgan fingerprint density at radius 3 is 2.24 bits per heavy atom. The van der Waals surface area contributed by atoms with Crippen LogP contribution in [0, 0.1) is 5.82 Å². The number of para-hydroxylation sites is 1. The van der Waals surface area contributed by atoms with Crippen molar-refractivity contribution >= 4 is 34.8 Å². The number of amides is 2. The number of rotatable bonds is 6. The van der Waals surface area contributed by atoms with Gasteiger partial charge in [-0.15, -0.1) is 0 Å². The van der Waals surface area contributed by atoms with E-state index in [1.165, 1.54) is 24.3 Å². The number of nitrogens with one attached hydrogen (secondary N) is 2. The minimum absolute atomic E-state index is 0.340. The van der Waals surface area contributed by atoms with E-state index in [0.717, 1.165) is 0 Å². The summed E-state index contributed by atoms with van der Waals surface area (Å²) in [6.07, 6.45) is -0.773. The number of hydrogen-bond acceptors (Lipinski definition) is 3. The lowest BCUT2D eigenvalue weighted by atomic mass is 10.2. The molecule has 0 heterocycles. The Labute approximate surface area is 172 Å². The van der Waals surface area contributed by atoms with E-state index < -0.39 is 6.10 Å². The lowest BCUT2D eigenvalue weighted by Crippen LogP contribution is -2.30. The van der Waals surface area contributed by atoms with Crippen LogP contribution >= 0.6 is 11.6 Å². The lowest BCUT2D eigenvalue weighted by Gasteiger charge is -2.15. The number of benzene rings is 3. The van der Waals surface area contributed by atoms with Gasteiger partial charge < -0.3 is 15.4 Å². The number of carbonyl (C=O) groups excluding carboxylic acids is 2. The molecule has 0 aliphatic carbocycles. The highest BCUT2D eigenvalue weighted by Gasteiger charge is 2.16. The molecule has 0 fully saturated rings. The van der Waals surface area contributed by atoms with E-state index in [1.807, 2.05) is 0 Å². The molecule has 3 aromatic rings. The molecule has 1 atom stereocenters. The second-order valence-electron chi connectivity index (χ2n) is 6.21. The third-order valence-corrected chi connectivity index (χ3v) is 4.36. The van der Waals surface area contributed by atoms with E-state index in [-0.39, 0.29) is 17.6 Å². The van der Waals surface area contributed by atoms with E-state index >= 15 is 0 Å². The maximum absolute atomic E-state index is 12.9. The summed E-state index contributed by atoms with van der Waals surface area (Å²) in [4.78, 5) is 24.5. The first kappa shape index (κ1) is 20.4. The van der Waals surface area contributed by atoms with E-state index in [1.54, 1.807) is 55.5 Å². The van der Waals surface area contributed by atoms with Crippen molar-refractivity contribution in [2.75, 3.05) is 10.6 Å². The highest BCUT2D eigenvalue weighted by atomic mass is 35.5. The number of carbonyl (C=O) groups is 2. The fourth-order valence-corrected chi connectivity index (χ4v) is 2.66. The fraction of sp³-hybridized carbons (Fsp3) is 0.0909. The highest BCUT2D eigenvalue weighted by Crippen LogP contribution is 2.21. The summed E-state index contributed by atoms with van der Waals surface area (Å²) in [5.41, 5.74) is 1.39. The Balaban J connectivity index is 1.58. The first-order valence-corrected chi connectivity index (χ1v) is 9.19. The summed E-state index contributed by atoms with van der Waals surface area (Å²) in [5.74, 6) is -0.633. The Hall–Kier alpha value is -3.38. The van der Waals surface area contributed by atoms with Crippen molar-refractivity contribution in [1.82, 2.24) is 0 Å². The standard InChI is InChI=1S/C22H18ClFN2O3/c1-14(21(27)26-20-5-3-2-4-19(20)23)29-18-12-6-15(7-13-18)22(28)25-17-10-8-16(24)9-11-17/h2-14H,1H3,(H,25,28)(H,26,27)/t14-/m0/s1. The summed E-state index contributed by atoms with van der Waals surface area (Å²) in [6, 6.07) is 18.7. The van der Waals surface area contributed by atoms with Crippen molar-refractivity contribution in [3.63, 3.8) is 0 Å². The van der Waals surface area contributed by atoms with Gasteiger partial charge in [0.2, 0.25) is 0 Å². The molecule has 2 N–H and O–H groups in total. The number of halogens is 2. The Bertz CT molecular complexity index is 1010. The number of ether oxygens (including phenoxy) is 1. The molecule has 0 bridgehead atoms. The molecule has 0 aliphatic heterocycles. The van der Waals surface area contributed by atoms with Gasteiger partial charge in [0.25, 0.3) is 11.8 Å². The molecule has 3 aromatic carbocycles. The van der Waals surface area contributed by atoms with Gasteiger partial charge in [0.05, 0.1) is 10.7 Å². The van der Waals surface area contributed by atoms with Crippen LogP contribution in [0.4, 0.5) is 15.8 Å². The van der Waals surface area contributed by atoms with Crippen LogP contribution in [0.25, 0.3) is 0 Å². The molecule has 3 rings (SSSR count). The molecule has 5 nitrogen and oxygen atoms in total. The summed E-state index contributed by atoms with van der Waals surface area (Å²) < 4.78 is 18.6. The normalized spacial score (nSPS) is 11.4. The van der Waals surface area contributed by atoms with E-state index in [9.17, 15) is 14.0 Å². The molecule has 0 radical (unpaired) electrons. The van der Waals surface area contributed by atoms with E-state index in [0.29, 0.717) is 27.7 Å². The molecule has 0 spiro atoms. The van der Waals surface area contributed by atoms with Crippen LogP contribution in [0.2, 0.25) is 5.02 Å². The van der Waals surface area contributed by atoms with Crippen LogP contribution in [-0.2, 0) is 4.79 Å². The zero-order valence-corrected chi connectivity index (χ0v) is 16.2. The van der Waals surface area contributed by atoms with Gasteiger partial charge in [-0.05, 0) is 67.6 Å². The van der Waals surface area contributed by atoms with E-state index in [4.69, 9.17) is 16.3 Å². The van der Waals surface area contributed by atoms with Crippen LogP contribution in [0.15, 0.2) is 72.8 Å². The number of hydrogen-bond donors (Lipinski definition) is 2. The molecule has 0 saturated heterocycles. The Morgan fingerprint density at radius 2 is 1.59 bits per heavy atom. The zero-order valence-electron chi connectivity index (χ0n) is 15.5. The molecule has 0 saturated carbocycles. The largest absolute Gasteiger partial charge is 0.481 e. The van der Waals surface area contributed by atoms with Crippen LogP contribution in [0.3, 0.4) is 0 Å². The third kappa shape index (κ3) is 5.56. The molecule has 2 amide bonds. The SMILES string of the molecule is C[C@H](Oc1ccc(C(=O)Nc2ccc(F)cc2)cc1)C(=O)Nc1ccccc1Cl. The quantitative estimate of drug-likeness (QED) is 0.589. The summed E-state index contributed by atoms with van der Waals surface area (Å²) in [5, 5.41) is 5.81. The van der Waals surface area contributed by atoms with Gasteiger partial charge in [-0.2, -0.15) is 0 Å². The Kier molecular flexibility index (Phi) is 6.46. The fourth-order valence-electron chi connectivity index (χ4n) is 2.48. The molecular formula is C22H18ClFN2O3. The van der Waals surface area contributed by atoms with Gasteiger partial charge in [-0.1, -0.05) is 23.7 Å². The molecule has 148 valence electrons. The molecule has 0 aromatic heterocycles. The maximum Gasteiger partial charge on any atom is 0.265 e. The predicted octanol–water partition coefficient (Wildman–Crippen LogP) is 5.14. The van der Waals surface area contributed by atoms with E-state index in [2.05, 4.69) is 10.6 Å². The maximum atomic E-state index is 12.9. The van der Waals surface area contributed by atoms with Crippen molar-refractivity contribution in [3.8, 4) is 5.75 Å². The second-order valence-corrected chi connectivity index (χ2v) is 6.62. The minimum Gasteiger partial charge on any atom is -0.481 e. The lowest BCUT2D eigenvalue weighted by molar-refractivity contribution is -0.122. The van der Waals surface area contributed by atoms with Crippen LogP contribution < -0.4 is 15.4 Å². The van der Waals surface area contributed by atoms with Crippen molar-refractivity contribution in [1.29, 1.82) is 0 Å². The Morgan fingerprint density at radius 1 is 0.931 bits per heavy atom. The van der Waals surface area contributed by atoms with Gasteiger partial charge >= 0.3 is 0 Å². The van der Waals surface area contributed by atoms with Gasteiger partial charge in [0, 0.05) is 11.3 Å². The third-order valence-electron chi connectivity index (χ3n) is 4.03. The van der Waals surface area contributed by atoms with Gasteiger partial charge in [-0.25, -0.2) is 4.39 Å². The van der Waals surface area contributed by atoms with Crippen molar-refractivity contribution in [3.05, 3.63) is 89.2 Å². The molecule has 0 aliphatic rings. The van der Waals surface area contributed by atoms with Crippen molar-refractivity contribution in [2.24, 2.45) is 0 Å². The minimum atomic E-state index is -0.773. The molecular weight excluding hydrogens is 395 g/mol. The van der Waals surface area contributed by atoms with Crippen LogP contribution in [0.1, 0.15) is 17.3 Å². The average Bonchev–Trinajstić information content (AvgIpc) is 2.72. The molecule has 0 unspecified atom stereocenters. The predicted molar refractivity (Wildman–Crippen MR) is 111 cm³/mol. The van der Waals surface area contributed by atoms with Gasteiger partial charge in [0.15, 0.2) is 6.10 Å². The first-order chi connectivity index (χ1) is 13.9.